The maximum atomic E-state index is 14.2. The number of hydrogen-bond donors (Lipinski definition) is 10. The molecule has 1 aromatic heterocycles. The number of aromatic amines is 1. The summed E-state index contributed by atoms with van der Waals surface area (Å²) in [5, 5.41) is 16.5. The first-order valence-corrected chi connectivity index (χ1v) is 18.1. The summed E-state index contributed by atoms with van der Waals surface area (Å²) < 4.78 is 0. The van der Waals surface area contributed by atoms with Gasteiger partial charge in [0.25, 0.3) is 0 Å². The van der Waals surface area contributed by atoms with Crippen molar-refractivity contribution in [2.75, 3.05) is 19.6 Å². The normalized spacial score (nSPS) is 19.9. The number of rotatable bonds is 12. The van der Waals surface area contributed by atoms with Crippen LogP contribution in [0.2, 0.25) is 0 Å². The Morgan fingerprint density at radius 2 is 1.18 bits per heavy atom. The molecule has 0 bridgehead atoms. The molecule has 290 valence electrons. The summed E-state index contributed by atoms with van der Waals surface area (Å²) in [6.07, 6.45) is 2.70. The number of nitrogens with two attached hydrogens (primary N) is 4. The largest absolute Gasteiger partial charge is 0.370 e. The minimum absolute atomic E-state index is 0.0449. The van der Waals surface area contributed by atoms with Crippen molar-refractivity contribution in [1.29, 1.82) is 0 Å². The van der Waals surface area contributed by atoms with Crippen molar-refractivity contribution in [3.8, 4) is 0 Å². The Balaban J connectivity index is 1.48. The molecule has 1 aliphatic rings. The summed E-state index contributed by atoms with van der Waals surface area (Å²) in [6, 6.07) is 16.3. The van der Waals surface area contributed by atoms with Gasteiger partial charge in [-0.3, -0.25) is 34.0 Å². The summed E-state index contributed by atoms with van der Waals surface area (Å²) in [7, 11) is 0. The molecule has 17 heteroatoms. The fourth-order valence-corrected chi connectivity index (χ4v) is 6.44. The number of carbonyl (C=O) groups excluding carboxylic acids is 5. The molecule has 17 nitrogen and oxygen atoms in total. The number of carbonyl (C=O) groups is 5. The van der Waals surface area contributed by atoms with Gasteiger partial charge in [-0.15, -0.1) is 0 Å². The molecule has 3 aromatic carbocycles. The van der Waals surface area contributed by atoms with Gasteiger partial charge >= 0.3 is 0 Å². The highest BCUT2D eigenvalue weighted by Gasteiger charge is 2.33. The Labute approximate surface area is 317 Å². The van der Waals surface area contributed by atoms with Crippen molar-refractivity contribution >= 4 is 63.1 Å². The third-order valence-electron chi connectivity index (χ3n) is 9.22. The molecular weight excluding hydrogens is 704 g/mol. The predicted octanol–water partition coefficient (Wildman–Crippen LogP) is -0.717. The third-order valence-corrected chi connectivity index (χ3v) is 9.22. The van der Waals surface area contributed by atoms with Gasteiger partial charge in [0.15, 0.2) is 11.9 Å². The summed E-state index contributed by atoms with van der Waals surface area (Å²) in [5.74, 6) is -3.49. The van der Waals surface area contributed by atoms with Gasteiger partial charge in [0.05, 0.1) is 6.54 Å². The molecule has 0 unspecified atom stereocenters. The molecule has 55 heavy (non-hydrogen) atoms. The van der Waals surface area contributed by atoms with Crippen molar-refractivity contribution in [3.05, 3.63) is 84.1 Å². The summed E-state index contributed by atoms with van der Waals surface area (Å²) >= 11 is 0. The highest BCUT2D eigenvalue weighted by atomic mass is 16.2. The fourth-order valence-electron chi connectivity index (χ4n) is 6.44. The van der Waals surface area contributed by atoms with Crippen LogP contribution in [0.25, 0.3) is 21.7 Å². The lowest BCUT2D eigenvalue weighted by Gasteiger charge is -2.26. The van der Waals surface area contributed by atoms with E-state index in [2.05, 4.69) is 41.6 Å². The first kappa shape index (κ1) is 39.6. The molecule has 0 saturated carbocycles. The predicted molar refractivity (Wildman–Crippen MR) is 210 cm³/mol. The number of benzene rings is 3. The van der Waals surface area contributed by atoms with Crippen LogP contribution < -0.4 is 49.5 Å². The second-order valence-electron chi connectivity index (χ2n) is 13.4. The van der Waals surface area contributed by atoms with E-state index in [0.29, 0.717) is 12.8 Å². The smallest absolute Gasteiger partial charge is 0.243 e. The Morgan fingerprint density at radius 3 is 1.85 bits per heavy atom. The maximum absolute atomic E-state index is 14.2. The number of amides is 5. The first-order valence-electron chi connectivity index (χ1n) is 18.1. The van der Waals surface area contributed by atoms with E-state index in [0.717, 1.165) is 32.8 Å². The van der Waals surface area contributed by atoms with Crippen molar-refractivity contribution in [3.63, 3.8) is 0 Å². The maximum Gasteiger partial charge on any atom is 0.243 e. The van der Waals surface area contributed by atoms with Crippen LogP contribution in [-0.4, -0.2) is 90.2 Å². The average molecular weight is 753 g/mol. The molecule has 0 aliphatic carbocycles. The Bertz CT molecular complexity index is 2070. The van der Waals surface area contributed by atoms with Crippen LogP contribution in [0.4, 0.5) is 0 Å². The molecule has 14 N–H and O–H groups in total. The average Bonchev–Trinajstić information content (AvgIpc) is 3.57. The standard InChI is InChI=1S/C38H48N12O5/c39-37(40)43-15-5-11-28-34(53)50-31(19-25-20-45-27-10-4-3-9-26(25)27)36(55)48-29(12-6-16-44-38(41)42)35(54)49-30(33(52)46-21-32(51)47-28)18-22-13-14-23-7-1-2-8-24(23)17-22/h1-4,7-10,13-14,17,20,28-31,45H,5-6,11-12,15-16,18-19,21H2,(H,46,52)(H,47,51)(H,48,55)(H,49,54)(H,50,53)(H4,39,40,43)(H4,41,42,44)/t28-,29+,30+,31-/m1/s1. The summed E-state index contributed by atoms with van der Waals surface area (Å²) in [5.41, 5.74) is 24.3. The number of nitrogens with one attached hydrogen (secondary N) is 6. The van der Waals surface area contributed by atoms with Gasteiger partial charge in [-0.2, -0.15) is 0 Å². The van der Waals surface area contributed by atoms with Gasteiger partial charge in [-0.1, -0.05) is 60.7 Å². The lowest BCUT2D eigenvalue weighted by atomic mass is 10.00. The molecule has 1 saturated heterocycles. The number of nitrogens with zero attached hydrogens (tertiary/aromatic N) is 2. The van der Waals surface area contributed by atoms with Crippen LogP contribution >= 0.6 is 0 Å². The highest BCUT2D eigenvalue weighted by molar-refractivity contribution is 5.98. The SMILES string of the molecule is NC(N)=NCCC[C@@H]1NC(=O)[C@@H](Cc2c[nH]c3ccccc23)NC(=O)[C@@H](CCCN=C(N)N)NC(=O)CNC(=O)[C@H](Cc2ccc3ccccc3c2)NC1=O. The Morgan fingerprint density at radius 1 is 0.618 bits per heavy atom. The van der Waals surface area contributed by atoms with Gasteiger partial charge in [0.2, 0.25) is 29.5 Å². The Kier molecular flexibility index (Phi) is 13.6. The van der Waals surface area contributed by atoms with Crippen LogP contribution in [0.3, 0.4) is 0 Å². The third kappa shape index (κ3) is 11.4. The number of aromatic nitrogens is 1. The van der Waals surface area contributed by atoms with Gasteiger partial charge in [0.1, 0.15) is 24.2 Å². The minimum atomic E-state index is -1.19. The van der Waals surface area contributed by atoms with E-state index in [9.17, 15) is 24.0 Å². The van der Waals surface area contributed by atoms with E-state index in [1.54, 1.807) is 6.20 Å². The zero-order valence-electron chi connectivity index (χ0n) is 30.3. The van der Waals surface area contributed by atoms with Crippen molar-refractivity contribution in [2.24, 2.45) is 32.9 Å². The molecule has 5 rings (SSSR count). The van der Waals surface area contributed by atoms with E-state index in [1.807, 2.05) is 66.7 Å². The van der Waals surface area contributed by atoms with E-state index in [1.165, 1.54) is 0 Å². The summed E-state index contributed by atoms with van der Waals surface area (Å²) in [6.45, 7) is -0.129. The van der Waals surface area contributed by atoms with Crippen LogP contribution in [0.15, 0.2) is 82.9 Å². The molecule has 4 aromatic rings. The van der Waals surface area contributed by atoms with E-state index in [4.69, 9.17) is 22.9 Å². The molecule has 1 aliphatic heterocycles. The number of aliphatic imine (C=N–C) groups is 2. The lowest BCUT2D eigenvalue weighted by molar-refractivity contribution is -0.134. The van der Waals surface area contributed by atoms with Gasteiger partial charge in [-0.05, 0) is 53.6 Å². The van der Waals surface area contributed by atoms with Crippen molar-refractivity contribution in [2.45, 2.75) is 62.7 Å². The molecule has 4 atom stereocenters. The fraction of sp³-hybridized carbons (Fsp3) is 0.342. The van der Waals surface area contributed by atoms with E-state index >= 15 is 0 Å². The zero-order chi connectivity index (χ0) is 39.3. The second kappa shape index (κ2) is 18.9. The zero-order valence-corrected chi connectivity index (χ0v) is 30.3. The van der Waals surface area contributed by atoms with E-state index < -0.39 is 60.2 Å². The van der Waals surface area contributed by atoms with Crippen LogP contribution in [0.1, 0.15) is 36.8 Å². The number of guanidine groups is 2. The van der Waals surface area contributed by atoms with Gasteiger partial charge in [0, 0.05) is 43.0 Å². The quantitative estimate of drug-likeness (QED) is 0.0496. The topological polar surface area (TPSA) is 290 Å². The van der Waals surface area contributed by atoms with Gasteiger partial charge < -0.3 is 54.5 Å². The van der Waals surface area contributed by atoms with Crippen molar-refractivity contribution in [1.82, 2.24) is 31.6 Å². The number of fused-ring (bicyclic) bond motifs is 2. The van der Waals surface area contributed by atoms with Crippen molar-refractivity contribution < 1.29 is 24.0 Å². The van der Waals surface area contributed by atoms with Gasteiger partial charge in [-0.25, -0.2) is 0 Å². The molecule has 1 fully saturated rings. The summed E-state index contributed by atoms with van der Waals surface area (Å²) in [4.78, 5) is 80.3. The van der Waals surface area contributed by atoms with Crippen LogP contribution in [0, 0.1) is 0 Å². The number of hydrogen-bond acceptors (Lipinski definition) is 7. The minimum Gasteiger partial charge on any atom is -0.370 e. The lowest BCUT2D eigenvalue weighted by Crippen LogP contribution is -2.58. The second-order valence-corrected chi connectivity index (χ2v) is 13.4. The van der Waals surface area contributed by atoms with Crippen LogP contribution in [0.5, 0.6) is 0 Å². The molecule has 5 amide bonds. The number of para-hydroxylation sites is 1. The first-order chi connectivity index (χ1) is 26.5. The molecule has 0 radical (unpaired) electrons. The number of H-pyrrole nitrogens is 1. The molecular formula is C38H48N12O5. The van der Waals surface area contributed by atoms with Crippen LogP contribution in [-0.2, 0) is 36.8 Å². The molecule has 0 spiro atoms. The molecule has 2 heterocycles. The highest BCUT2D eigenvalue weighted by Crippen LogP contribution is 2.20. The van der Waals surface area contributed by atoms with E-state index in [-0.39, 0.29) is 50.7 Å². The Hall–Kier alpha value is -6.65. The monoisotopic (exact) mass is 752 g/mol.